The van der Waals surface area contributed by atoms with Gasteiger partial charge in [-0.3, -0.25) is 4.79 Å². The molecule has 112 valence electrons. The monoisotopic (exact) mass is 360 g/mol. The molecule has 1 heterocycles. The predicted molar refractivity (Wildman–Crippen MR) is 89.2 cm³/mol. The number of H-pyrrole nitrogens is 1. The van der Waals surface area contributed by atoms with E-state index in [2.05, 4.69) is 20.9 Å². The number of nitrogens with one attached hydrogen (secondary N) is 1. The van der Waals surface area contributed by atoms with Crippen LogP contribution in [0.2, 0.25) is 0 Å². The summed E-state index contributed by atoms with van der Waals surface area (Å²) in [5, 5.41) is 0.401. The number of methoxy groups -OCH3 is 1. The van der Waals surface area contributed by atoms with E-state index >= 15 is 0 Å². The van der Waals surface area contributed by atoms with Crippen molar-refractivity contribution in [1.82, 2.24) is 9.55 Å². The van der Waals surface area contributed by atoms with Crippen LogP contribution < -0.4 is 16.0 Å². The van der Waals surface area contributed by atoms with Crippen LogP contribution >= 0.6 is 15.9 Å². The predicted octanol–water partition coefficient (Wildman–Crippen LogP) is 2.76. The standard InChI is InChI=1S/C16H13BrN2O3/c1-9-11(17)6-4-7-12(9)19-15(20)10-5-3-8-13(22-2)14(10)18-16(19)21/h3-8H,1-2H3,(H,18,21). The van der Waals surface area contributed by atoms with Gasteiger partial charge in [-0.2, -0.15) is 0 Å². The maximum absolute atomic E-state index is 12.8. The van der Waals surface area contributed by atoms with Crippen LogP contribution in [0.5, 0.6) is 5.75 Å². The molecule has 0 amide bonds. The van der Waals surface area contributed by atoms with Gasteiger partial charge in [-0.25, -0.2) is 9.36 Å². The first kappa shape index (κ1) is 14.6. The Morgan fingerprint density at radius 2 is 1.86 bits per heavy atom. The SMILES string of the molecule is COc1cccc2c(=O)n(-c3cccc(Br)c3C)c(=O)[nH]c12. The highest BCUT2D eigenvalue weighted by molar-refractivity contribution is 9.10. The topological polar surface area (TPSA) is 64.1 Å². The lowest BCUT2D eigenvalue weighted by molar-refractivity contribution is 0.418. The summed E-state index contributed by atoms with van der Waals surface area (Å²) in [6.07, 6.45) is 0. The third-order valence-corrected chi connectivity index (χ3v) is 4.45. The van der Waals surface area contributed by atoms with Crippen molar-refractivity contribution in [2.24, 2.45) is 0 Å². The van der Waals surface area contributed by atoms with Crippen LogP contribution in [-0.4, -0.2) is 16.7 Å². The molecule has 0 aliphatic carbocycles. The maximum Gasteiger partial charge on any atom is 0.333 e. The number of aromatic amines is 1. The Hall–Kier alpha value is -2.34. The van der Waals surface area contributed by atoms with Gasteiger partial charge in [-0.15, -0.1) is 0 Å². The van der Waals surface area contributed by atoms with E-state index in [9.17, 15) is 9.59 Å². The van der Waals surface area contributed by atoms with Crippen LogP contribution in [0.25, 0.3) is 16.6 Å². The molecule has 0 unspecified atom stereocenters. The summed E-state index contributed by atoms with van der Waals surface area (Å²) in [7, 11) is 1.50. The van der Waals surface area contributed by atoms with Gasteiger partial charge in [-0.1, -0.05) is 28.1 Å². The van der Waals surface area contributed by atoms with Crippen molar-refractivity contribution in [2.75, 3.05) is 7.11 Å². The summed E-state index contributed by atoms with van der Waals surface area (Å²) >= 11 is 3.42. The Kier molecular flexibility index (Phi) is 3.62. The number of ether oxygens (including phenoxy) is 1. The Labute approximate surface area is 134 Å². The fraction of sp³-hybridized carbons (Fsp3) is 0.125. The number of nitrogens with zero attached hydrogens (tertiary/aromatic N) is 1. The molecule has 0 saturated heterocycles. The lowest BCUT2D eigenvalue weighted by Gasteiger charge is -2.11. The molecule has 0 atom stereocenters. The second kappa shape index (κ2) is 5.46. The quantitative estimate of drug-likeness (QED) is 0.764. The summed E-state index contributed by atoms with van der Waals surface area (Å²) in [4.78, 5) is 27.9. The minimum Gasteiger partial charge on any atom is -0.495 e. The van der Waals surface area contributed by atoms with E-state index in [-0.39, 0.29) is 5.56 Å². The van der Waals surface area contributed by atoms with Crippen LogP contribution in [0, 0.1) is 6.92 Å². The molecule has 0 radical (unpaired) electrons. The highest BCUT2D eigenvalue weighted by atomic mass is 79.9. The lowest BCUT2D eigenvalue weighted by atomic mass is 10.2. The van der Waals surface area contributed by atoms with Crippen molar-refractivity contribution < 1.29 is 4.74 Å². The molecular weight excluding hydrogens is 348 g/mol. The Morgan fingerprint density at radius 1 is 1.14 bits per heavy atom. The van der Waals surface area contributed by atoms with Crippen LogP contribution in [0.1, 0.15) is 5.56 Å². The second-order valence-corrected chi connectivity index (χ2v) is 5.69. The molecule has 3 rings (SSSR count). The molecule has 5 nitrogen and oxygen atoms in total. The fourth-order valence-corrected chi connectivity index (χ4v) is 2.80. The molecule has 0 fully saturated rings. The van der Waals surface area contributed by atoms with E-state index in [0.29, 0.717) is 22.3 Å². The number of aromatic nitrogens is 2. The molecule has 6 heteroatoms. The average molecular weight is 361 g/mol. The van der Waals surface area contributed by atoms with Gasteiger partial charge >= 0.3 is 5.69 Å². The number of benzene rings is 2. The molecule has 0 saturated carbocycles. The van der Waals surface area contributed by atoms with Crippen LogP contribution in [0.3, 0.4) is 0 Å². The van der Waals surface area contributed by atoms with E-state index in [1.807, 2.05) is 13.0 Å². The Morgan fingerprint density at radius 3 is 2.59 bits per heavy atom. The highest BCUT2D eigenvalue weighted by Crippen LogP contribution is 2.23. The average Bonchev–Trinajstić information content (AvgIpc) is 2.51. The first-order valence-electron chi connectivity index (χ1n) is 6.62. The number of halogens is 1. The van der Waals surface area contributed by atoms with Gasteiger partial charge in [0.2, 0.25) is 0 Å². The fourth-order valence-electron chi connectivity index (χ4n) is 2.44. The van der Waals surface area contributed by atoms with Gasteiger partial charge < -0.3 is 9.72 Å². The van der Waals surface area contributed by atoms with Gasteiger partial charge in [0.15, 0.2) is 0 Å². The van der Waals surface area contributed by atoms with Gasteiger partial charge in [-0.05, 0) is 36.8 Å². The van der Waals surface area contributed by atoms with Crippen molar-refractivity contribution in [3.05, 3.63) is 67.3 Å². The van der Waals surface area contributed by atoms with Crippen LogP contribution in [0.4, 0.5) is 0 Å². The van der Waals surface area contributed by atoms with E-state index in [1.54, 1.807) is 30.3 Å². The molecule has 0 bridgehead atoms. The smallest absolute Gasteiger partial charge is 0.333 e. The van der Waals surface area contributed by atoms with Crippen molar-refractivity contribution in [2.45, 2.75) is 6.92 Å². The largest absolute Gasteiger partial charge is 0.495 e. The molecular formula is C16H13BrN2O3. The summed E-state index contributed by atoms with van der Waals surface area (Å²) in [6.45, 7) is 1.85. The lowest BCUT2D eigenvalue weighted by Crippen LogP contribution is -2.34. The van der Waals surface area contributed by atoms with Crippen LogP contribution in [-0.2, 0) is 0 Å². The summed E-state index contributed by atoms with van der Waals surface area (Å²) in [6, 6.07) is 10.5. The molecule has 0 aliphatic rings. The molecule has 1 N–H and O–H groups in total. The van der Waals surface area contributed by atoms with Crippen molar-refractivity contribution in [1.29, 1.82) is 0 Å². The zero-order chi connectivity index (χ0) is 15.9. The number of para-hydroxylation sites is 1. The Balaban J connectivity index is 2.45. The molecule has 0 spiro atoms. The van der Waals surface area contributed by atoms with Gasteiger partial charge in [0.25, 0.3) is 5.56 Å². The summed E-state index contributed by atoms with van der Waals surface area (Å²) < 4.78 is 7.18. The third kappa shape index (κ3) is 2.16. The first-order valence-corrected chi connectivity index (χ1v) is 7.41. The zero-order valence-electron chi connectivity index (χ0n) is 12.0. The van der Waals surface area contributed by atoms with Gasteiger partial charge in [0, 0.05) is 4.47 Å². The number of rotatable bonds is 2. The minimum atomic E-state index is -0.497. The molecule has 2 aromatic carbocycles. The zero-order valence-corrected chi connectivity index (χ0v) is 13.6. The molecule has 0 aliphatic heterocycles. The van der Waals surface area contributed by atoms with E-state index < -0.39 is 5.69 Å². The number of hydrogen-bond acceptors (Lipinski definition) is 3. The van der Waals surface area contributed by atoms with Crippen molar-refractivity contribution in [3.63, 3.8) is 0 Å². The van der Waals surface area contributed by atoms with Crippen LogP contribution in [0.15, 0.2) is 50.5 Å². The Bertz CT molecular complexity index is 989. The first-order chi connectivity index (χ1) is 10.5. The molecule has 3 aromatic rings. The summed E-state index contributed by atoms with van der Waals surface area (Å²) in [5.41, 5.74) is 0.897. The number of fused-ring (bicyclic) bond motifs is 1. The van der Waals surface area contributed by atoms with E-state index in [4.69, 9.17) is 4.74 Å². The van der Waals surface area contributed by atoms with E-state index in [1.165, 1.54) is 7.11 Å². The molecule has 1 aromatic heterocycles. The highest BCUT2D eigenvalue weighted by Gasteiger charge is 2.14. The van der Waals surface area contributed by atoms with Crippen molar-refractivity contribution >= 4 is 26.8 Å². The maximum atomic E-state index is 12.8. The molecule has 22 heavy (non-hydrogen) atoms. The van der Waals surface area contributed by atoms with E-state index in [0.717, 1.165) is 14.6 Å². The van der Waals surface area contributed by atoms with Gasteiger partial charge in [0.05, 0.1) is 23.7 Å². The van der Waals surface area contributed by atoms with Gasteiger partial charge in [0.1, 0.15) is 5.75 Å². The second-order valence-electron chi connectivity index (χ2n) is 4.84. The number of hydrogen-bond donors (Lipinski definition) is 1. The summed E-state index contributed by atoms with van der Waals surface area (Å²) in [5.74, 6) is 0.463. The third-order valence-electron chi connectivity index (χ3n) is 3.59. The minimum absolute atomic E-state index is 0.376. The normalized spacial score (nSPS) is 10.9. The van der Waals surface area contributed by atoms with Crippen molar-refractivity contribution in [3.8, 4) is 11.4 Å².